The Kier molecular flexibility index (Phi) is 11.1. The molecule has 0 spiro atoms. The lowest BCUT2D eigenvalue weighted by Crippen LogP contribution is -2.40. The summed E-state index contributed by atoms with van der Waals surface area (Å²) in [5, 5.41) is 6.55. The molecule has 0 aliphatic carbocycles. The number of piperazine rings is 2. The van der Waals surface area contributed by atoms with Crippen LogP contribution >= 0.6 is 0 Å². The number of likely N-dealkylation sites (N-methyl/N-ethyl adjacent to an activating group) is 2. The van der Waals surface area contributed by atoms with E-state index in [0.29, 0.717) is 0 Å². The van der Waals surface area contributed by atoms with Crippen molar-refractivity contribution in [2.45, 2.75) is 4.84 Å². The van der Waals surface area contributed by atoms with E-state index in [2.05, 4.69) is 34.5 Å². The lowest BCUT2D eigenvalue weighted by Gasteiger charge is -2.21. The topological polar surface area (TPSA) is 139 Å². The second kappa shape index (κ2) is 11.3. The number of rotatable bonds is 2. The van der Waals surface area contributed by atoms with Crippen LogP contribution in [0.3, 0.4) is 0 Å². The molecule has 0 aromatic carbocycles. The Morgan fingerprint density at radius 3 is 1.12 bits per heavy atom. The number of hydrogen-bond donors (Lipinski definition) is 4. The Labute approximate surface area is 142 Å². The van der Waals surface area contributed by atoms with Crippen LogP contribution in [0.5, 0.6) is 0 Å². The number of nitrogens with one attached hydrogen (secondary N) is 2. The van der Waals surface area contributed by atoms with Gasteiger partial charge in [-0.05, 0) is 14.1 Å². The third kappa shape index (κ3) is 12.0. The van der Waals surface area contributed by atoms with Crippen molar-refractivity contribution in [3.63, 3.8) is 0 Å². The summed E-state index contributed by atoms with van der Waals surface area (Å²) in [6.07, 6.45) is 0. The molecule has 0 amide bonds. The molecule has 2 fully saturated rings. The molecular weight excluding hydrogens is 367 g/mol. The summed E-state index contributed by atoms with van der Waals surface area (Å²) in [6, 6.07) is 0. The highest BCUT2D eigenvalue weighted by atomic mass is 32.3. The van der Waals surface area contributed by atoms with Gasteiger partial charge in [-0.2, -0.15) is 16.8 Å². The normalized spacial score (nSPS) is 20.6. The van der Waals surface area contributed by atoms with Crippen molar-refractivity contribution < 1.29 is 30.3 Å². The molecule has 0 saturated carbocycles. The Bertz CT molecular complexity index is 485. The maximum absolute atomic E-state index is 11.7. The van der Waals surface area contributed by atoms with Crippen LogP contribution in [-0.2, 0) is 20.2 Å². The molecule has 13 heteroatoms. The van der Waals surface area contributed by atoms with Gasteiger partial charge in [0, 0.05) is 52.4 Å². The summed E-state index contributed by atoms with van der Waals surface area (Å²) in [5.74, 6) is 0. The quantitative estimate of drug-likeness (QED) is 0.391. The highest BCUT2D eigenvalue weighted by molar-refractivity contribution is 8.03. The average Bonchev–Trinajstić information content (AvgIpc) is 2.47. The van der Waals surface area contributed by atoms with Gasteiger partial charge in [-0.3, -0.25) is 9.11 Å². The van der Waals surface area contributed by atoms with Gasteiger partial charge in [0.2, 0.25) is 0 Å². The fourth-order valence-electron chi connectivity index (χ4n) is 1.71. The third-order valence-electron chi connectivity index (χ3n) is 3.15. The molecule has 146 valence electrons. The van der Waals surface area contributed by atoms with Gasteiger partial charge < -0.3 is 20.4 Å². The first-order valence-corrected chi connectivity index (χ1v) is 10.3. The number of halogens is 1. The minimum absolute atomic E-state index is 1.16. The monoisotopic (exact) mass is 394 g/mol. The molecule has 0 aromatic rings. The van der Waals surface area contributed by atoms with Crippen molar-refractivity contribution in [2.24, 2.45) is 0 Å². The minimum atomic E-state index is -5.37. The van der Waals surface area contributed by atoms with Crippen LogP contribution in [-0.4, -0.2) is 107 Å². The molecule has 2 aliphatic heterocycles. The van der Waals surface area contributed by atoms with Crippen molar-refractivity contribution in [3.05, 3.63) is 0 Å². The van der Waals surface area contributed by atoms with E-state index < -0.39 is 25.1 Å². The largest absolute Gasteiger partial charge is 0.348 e. The molecule has 2 saturated heterocycles. The zero-order valence-corrected chi connectivity index (χ0v) is 15.5. The van der Waals surface area contributed by atoms with E-state index in [9.17, 15) is 21.2 Å². The number of alkyl halides is 1. The van der Waals surface area contributed by atoms with Gasteiger partial charge >= 0.3 is 25.1 Å². The Morgan fingerprint density at radius 1 is 0.792 bits per heavy atom. The zero-order valence-electron chi connectivity index (χ0n) is 13.9. The second-order valence-corrected chi connectivity index (χ2v) is 8.60. The molecule has 0 atom stereocenters. The third-order valence-corrected chi connectivity index (χ3v) is 5.55. The van der Waals surface area contributed by atoms with Crippen LogP contribution in [0, 0.1) is 0 Å². The lowest BCUT2D eigenvalue weighted by molar-refractivity contribution is 0.291. The smallest absolute Gasteiger partial charge is 0.314 e. The Hall–Kier alpha value is -0.410. The molecule has 0 aromatic heterocycles. The lowest BCUT2D eigenvalue weighted by atomic mass is 10.4. The summed E-state index contributed by atoms with van der Waals surface area (Å²) in [5.41, 5.74) is 0. The van der Waals surface area contributed by atoms with E-state index in [4.69, 9.17) is 9.11 Å². The fraction of sp³-hybridized carbons (Fsp3) is 1.00. The molecule has 24 heavy (non-hydrogen) atoms. The molecule has 0 bridgehead atoms. The predicted molar refractivity (Wildman–Crippen MR) is 88.7 cm³/mol. The molecule has 4 N–H and O–H groups in total. The minimum Gasteiger partial charge on any atom is -0.314 e. The Balaban J connectivity index is 0.000000337. The predicted octanol–water partition coefficient (Wildman–Crippen LogP) is -1.94. The SMILES string of the molecule is CN1CCNCC1.CN1CCNCC1.O=S(=O)(O)C(F)S(=O)(=O)O. The van der Waals surface area contributed by atoms with Crippen molar-refractivity contribution in [3.8, 4) is 0 Å². The molecular formula is C11H27FN4O6S2. The maximum atomic E-state index is 11.7. The maximum Gasteiger partial charge on any atom is 0.348 e. The molecule has 0 radical (unpaired) electrons. The van der Waals surface area contributed by atoms with Crippen LogP contribution in [0.2, 0.25) is 0 Å². The molecule has 0 unspecified atom stereocenters. The van der Waals surface area contributed by atoms with Crippen molar-refractivity contribution in [1.29, 1.82) is 0 Å². The van der Waals surface area contributed by atoms with Gasteiger partial charge in [0.05, 0.1) is 0 Å². The van der Waals surface area contributed by atoms with Crippen LogP contribution in [0.15, 0.2) is 0 Å². The van der Waals surface area contributed by atoms with Crippen LogP contribution in [0.4, 0.5) is 4.39 Å². The molecule has 2 rings (SSSR count). The summed E-state index contributed by atoms with van der Waals surface area (Å²) >= 11 is 0. The molecule has 2 aliphatic rings. The first-order valence-electron chi connectivity index (χ1n) is 7.29. The van der Waals surface area contributed by atoms with E-state index in [1.807, 2.05) is 0 Å². The highest BCUT2D eigenvalue weighted by Gasteiger charge is 2.34. The van der Waals surface area contributed by atoms with Gasteiger partial charge in [0.1, 0.15) is 0 Å². The van der Waals surface area contributed by atoms with Crippen LogP contribution in [0.1, 0.15) is 0 Å². The Morgan fingerprint density at radius 2 is 1.04 bits per heavy atom. The van der Waals surface area contributed by atoms with E-state index in [0.717, 1.165) is 26.2 Å². The molecule has 2 heterocycles. The van der Waals surface area contributed by atoms with Gasteiger partial charge in [-0.1, -0.05) is 0 Å². The summed E-state index contributed by atoms with van der Waals surface area (Å²) < 4.78 is 65.6. The zero-order chi connectivity index (χ0) is 18.8. The van der Waals surface area contributed by atoms with Crippen molar-refractivity contribution in [1.82, 2.24) is 20.4 Å². The van der Waals surface area contributed by atoms with E-state index >= 15 is 0 Å². The van der Waals surface area contributed by atoms with E-state index in [1.165, 1.54) is 26.2 Å². The number of nitrogens with zero attached hydrogens (tertiary/aromatic N) is 2. The van der Waals surface area contributed by atoms with Gasteiger partial charge in [-0.25, -0.2) is 4.39 Å². The second-order valence-electron chi connectivity index (χ2n) is 5.41. The van der Waals surface area contributed by atoms with Gasteiger partial charge in [-0.15, -0.1) is 0 Å². The summed E-state index contributed by atoms with van der Waals surface area (Å²) in [4.78, 5) is 0.979. The summed E-state index contributed by atoms with van der Waals surface area (Å²) in [7, 11) is -6.42. The first-order chi connectivity index (χ1) is 10.9. The van der Waals surface area contributed by atoms with Crippen molar-refractivity contribution in [2.75, 3.05) is 66.5 Å². The van der Waals surface area contributed by atoms with Gasteiger partial charge in [0.15, 0.2) is 0 Å². The number of hydrogen-bond acceptors (Lipinski definition) is 8. The average molecular weight is 394 g/mol. The highest BCUT2D eigenvalue weighted by Crippen LogP contribution is 2.06. The van der Waals surface area contributed by atoms with Crippen molar-refractivity contribution >= 4 is 20.2 Å². The summed E-state index contributed by atoms with van der Waals surface area (Å²) in [6.45, 7) is 9.49. The first kappa shape index (κ1) is 23.6. The van der Waals surface area contributed by atoms with E-state index in [-0.39, 0.29) is 0 Å². The van der Waals surface area contributed by atoms with Gasteiger partial charge in [0.25, 0.3) is 0 Å². The standard InChI is InChI=1S/2C5H12N2.CH3FO6S2/c2*1-7-4-2-6-3-5-7;2-1(9(3,4)5)10(6,7)8/h2*6H,2-5H2,1H3;1H,(H,3,4,5)(H,6,7,8). The molecule has 10 nitrogen and oxygen atoms in total. The van der Waals surface area contributed by atoms with Crippen LogP contribution in [0.25, 0.3) is 0 Å². The van der Waals surface area contributed by atoms with E-state index in [1.54, 1.807) is 0 Å². The fourth-order valence-corrected chi connectivity index (χ4v) is 2.94. The van der Waals surface area contributed by atoms with Crippen LogP contribution < -0.4 is 10.6 Å².